The van der Waals surface area contributed by atoms with Crippen LogP contribution in [0.3, 0.4) is 0 Å². The lowest BCUT2D eigenvalue weighted by molar-refractivity contribution is 0.234. The van der Waals surface area contributed by atoms with Crippen LogP contribution in [0.15, 0.2) is 21.2 Å². The fourth-order valence-electron chi connectivity index (χ4n) is 4.81. The zero-order chi connectivity index (χ0) is 23.5. The molecule has 182 valence electrons. The molecule has 2 aliphatic heterocycles. The molecule has 0 amide bonds. The van der Waals surface area contributed by atoms with E-state index in [4.69, 9.17) is 10.7 Å². The van der Waals surface area contributed by atoms with E-state index >= 15 is 0 Å². The van der Waals surface area contributed by atoms with Crippen LogP contribution in [0.2, 0.25) is 0 Å². The smallest absolute Gasteiger partial charge is 0.332 e. The van der Waals surface area contributed by atoms with Gasteiger partial charge in [-0.1, -0.05) is 11.6 Å². The van der Waals surface area contributed by atoms with Gasteiger partial charge in [0, 0.05) is 65.4 Å². The molecular formula is C23H38N8O2. The van der Waals surface area contributed by atoms with Crippen LogP contribution in [0.25, 0.3) is 11.2 Å². The van der Waals surface area contributed by atoms with E-state index in [0.29, 0.717) is 30.8 Å². The summed E-state index contributed by atoms with van der Waals surface area (Å²) in [7, 11) is 1.56. The number of aryl methyl sites for hydroxylation is 1. The van der Waals surface area contributed by atoms with Crippen LogP contribution in [-0.4, -0.2) is 75.4 Å². The molecule has 33 heavy (non-hydrogen) atoms. The number of nitrogens with one attached hydrogen (secondary N) is 1. The van der Waals surface area contributed by atoms with E-state index in [9.17, 15) is 9.59 Å². The first kappa shape index (κ1) is 23.7. The van der Waals surface area contributed by atoms with E-state index in [2.05, 4.69) is 21.2 Å². The molecule has 0 saturated carbocycles. The molecule has 2 aromatic rings. The molecule has 1 atom stereocenters. The Morgan fingerprint density at radius 1 is 1.15 bits per heavy atom. The van der Waals surface area contributed by atoms with Gasteiger partial charge < -0.3 is 25.4 Å². The highest BCUT2D eigenvalue weighted by molar-refractivity contribution is 5.75. The number of fused-ring (bicyclic) bond motifs is 1. The summed E-state index contributed by atoms with van der Waals surface area (Å²) in [6.07, 6.45) is 4.90. The van der Waals surface area contributed by atoms with Crippen LogP contribution in [0.1, 0.15) is 33.1 Å². The van der Waals surface area contributed by atoms with Gasteiger partial charge in [0.15, 0.2) is 11.2 Å². The zero-order valence-electron chi connectivity index (χ0n) is 20.2. The second-order valence-corrected chi connectivity index (χ2v) is 9.57. The maximum Gasteiger partial charge on any atom is 0.332 e. The van der Waals surface area contributed by atoms with Crippen LogP contribution in [0.5, 0.6) is 0 Å². The van der Waals surface area contributed by atoms with Crippen LogP contribution < -0.4 is 27.2 Å². The Morgan fingerprint density at radius 3 is 2.61 bits per heavy atom. The Bertz CT molecular complexity index is 1120. The average molecular weight is 459 g/mol. The van der Waals surface area contributed by atoms with Gasteiger partial charge in [0.05, 0.1) is 0 Å². The van der Waals surface area contributed by atoms with Crippen LogP contribution in [0, 0.1) is 0 Å². The number of nitrogens with zero attached hydrogens (tertiary/aromatic N) is 6. The maximum absolute atomic E-state index is 13.3. The summed E-state index contributed by atoms with van der Waals surface area (Å²) in [5, 5.41) is 3.37. The minimum absolute atomic E-state index is 0.0829. The first-order valence-electron chi connectivity index (χ1n) is 12.1. The molecule has 2 aromatic heterocycles. The van der Waals surface area contributed by atoms with Gasteiger partial charge in [-0.05, 0) is 39.7 Å². The topological polar surface area (TPSA) is 106 Å². The number of anilines is 1. The molecule has 0 spiro atoms. The van der Waals surface area contributed by atoms with Gasteiger partial charge in [-0.25, -0.2) is 4.79 Å². The summed E-state index contributed by atoms with van der Waals surface area (Å²) < 4.78 is 4.87. The van der Waals surface area contributed by atoms with Crippen molar-refractivity contribution in [1.82, 2.24) is 28.9 Å². The first-order valence-corrected chi connectivity index (χ1v) is 12.1. The number of piperidine rings is 1. The average Bonchev–Trinajstić information content (AvgIpc) is 3.18. The molecule has 1 unspecified atom stereocenters. The van der Waals surface area contributed by atoms with Crippen LogP contribution in [-0.2, 0) is 20.1 Å². The third-order valence-corrected chi connectivity index (χ3v) is 6.70. The standard InChI is InChI=1S/C23H38N8O2/c1-17(2)7-13-30-19-20(26-22(30)29-11-4-6-18(24)16-29)31(23(33)27(3)21(19)32)12-5-10-28-14-8-25-9-15-28/h7,18,25H,4-6,8-16,24H2,1-3H3. The minimum Gasteiger partial charge on any atom is -0.341 e. The Hall–Kier alpha value is -2.43. The van der Waals surface area contributed by atoms with Crippen molar-refractivity contribution in [2.45, 2.75) is 52.2 Å². The summed E-state index contributed by atoms with van der Waals surface area (Å²) >= 11 is 0. The summed E-state index contributed by atoms with van der Waals surface area (Å²) in [5.41, 5.74) is 7.80. The number of rotatable bonds is 7. The largest absolute Gasteiger partial charge is 0.341 e. The van der Waals surface area contributed by atoms with Crippen LogP contribution >= 0.6 is 0 Å². The highest BCUT2D eigenvalue weighted by Gasteiger charge is 2.26. The van der Waals surface area contributed by atoms with Gasteiger partial charge in [-0.15, -0.1) is 0 Å². The molecule has 4 rings (SSSR count). The lowest BCUT2D eigenvalue weighted by Gasteiger charge is -2.31. The predicted octanol–water partition coefficient (Wildman–Crippen LogP) is 0.0857. The molecule has 10 heteroatoms. The summed E-state index contributed by atoms with van der Waals surface area (Å²) in [6.45, 7) is 11.7. The molecule has 2 saturated heterocycles. The van der Waals surface area contributed by atoms with Gasteiger partial charge in [-0.2, -0.15) is 4.98 Å². The van der Waals surface area contributed by atoms with E-state index in [1.807, 2.05) is 18.4 Å². The van der Waals surface area contributed by atoms with E-state index in [0.717, 1.165) is 64.5 Å². The van der Waals surface area contributed by atoms with Crippen molar-refractivity contribution in [3.8, 4) is 0 Å². The molecule has 0 bridgehead atoms. The predicted molar refractivity (Wildman–Crippen MR) is 132 cm³/mol. The fraction of sp³-hybridized carbons (Fsp3) is 0.696. The highest BCUT2D eigenvalue weighted by atomic mass is 16.2. The van der Waals surface area contributed by atoms with Crippen LogP contribution in [0.4, 0.5) is 5.95 Å². The second-order valence-electron chi connectivity index (χ2n) is 9.57. The van der Waals surface area contributed by atoms with Crippen molar-refractivity contribution in [3.63, 3.8) is 0 Å². The summed E-state index contributed by atoms with van der Waals surface area (Å²) in [5.74, 6) is 0.733. The van der Waals surface area contributed by atoms with Crippen molar-refractivity contribution in [2.24, 2.45) is 12.8 Å². The molecule has 0 aliphatic carbocycles. The first-order chi connectivity index (χ1) is 15.9. The Kier molecular flexibility index (Phi) is 7.35. The lowest BCUT2D eigenvalue weighted by atomic mass is 10.1. The van der Waals surface area contributed by atoms with E-state index < -0.39 is 0 Å². The molecule has 0 aromatic carbocycles. The van der Waals surface area contributed by atoms with E-state index in [1.165, 1.54) is 10.1 Å². The number of imidazole rings is 1. The Morgan fingerprint density at radius 2 is 1.91 bits per heavy atom. The van der Waals surface area contributed by atoms with Gasteiger partial charge in [0.2, 0.25) is 5.95 Å². The number of aromatic nitrogens is 4. The Labute approximate surface area is 194 Å². The SMILES string of the molecule is CC(C)=CCn1c(N2CCCC(N)C2)nc2c1c(=O)n(C)c(=O)n2CCCN1CCNCC1. The van der Waals surface area contributed by atoms with Gasteiger partial charge in [-0.3, -0.25) is 13.9 Å². The summed E-state index contributed by atoms with van der Waals surface area (Å²) in [6, 6.07) is 0.0829. The number of nitrogens with two attached hydrogens (primary N) is 1. The quantitative estimate of drug-likeness (QED) is 0.566. The molecule has 10 nitrogen and oxygen atoms in total. The minimum atomic E-state index is -0.304. The van der Waals surface area contributed by atoms with Crippen molar-refractivity contribution in [2.75, 3.05) is 50.7 Å². The molecule has 3 N–H and O–H groups in total. The molecule has 0 radical (unpaired) electrons. The van der Waals surface area contributed by atoms with Crippen molar-refractivity contribution >= 4 is 17.1 Å². The van der Waals surface area contributed by atoms with Gasteiger partial charge in [0.25, 0.3) is 5.56 Å². The number of hydrogen-bond acceptors (Lipinski definition) is 7. The van der Waals surface area contributed by atoms with E-state index in [-0.39, 0.29) is 17.3 Å². The fourth-order valence-corrected chi connectivity index (χ4v) is 4.81. The summed E-state index contributed by atoms with van der Waals surface area (Å²) in [4.78, 5) is 35.9. The molecular weight excluding hydrogens is 420 g/mol. The maximum atomic E-state index is 13.3. The lowest BCUT2D eigenvalue weighted by Crippen LogP contribution is -2.44. The second kappa shape index (κ2) is 10.2. The molecule has 2 aliphatic rings. The molecule has 2 fully saturated rings. The number of hydrogen-bond donors (Lipinski definition) is 2. The third kappa shape index (κ3) is 5.07. The van der Waals surface area contributed by atoms with E-state index in [1.54, 1.807) is 11.6 Å². The Balaban J connectivity index is 1.75. The number of piperazine rings is 1. The number of allylic oxidation sites excluding steroid dienone is 2. The van der Waals surface area contributed by atoms with Crippen molar-refractivity contribution in [3.05, 3.63) is 32.5 Å². The normalized spacial score (nSPS) is 19.9. The zero-order valence-corrected chi connectivity index (χ0v) is 20.2. The van der Waals surface area contributed by atoms with Crippen molar-refractivity contribution in [1.29, 1.82) is 0 Å². The highest BCUT2D eigenvalue weighted by Crippen LogP contribution is 2.23. The van der Waals surface area contributed by atoms with Crippen molar-refractivity contribution < 1.29 is 0 Å². The third-order valence-electron chi connectivity index (χ3n) is 6.70. The molecule has 4 heterocycles. The van der Waals surface area contributed by atoms with Gasteiger partial charge >= 0.3 is 5.69 Å². The van der Waals surface area contributed by atoms with Gasteiger partial charge in [0.1, 0.15) is 0 Å². The monoisotopic (exact) mass is 458 g/mol.